The predicted molar refractivity (Wildman–Crippen MR) is 91.9 cm³/mol. The van der Waals surface area contributed by atoms with Crippen LogP contribution in [0.5, 0.6) is 5.75 Å². The van der Waals surface area contributed by atoms with Gasteiger partial charge in [-0.2, -0.15) is 5.10 Å². The van der Waals surface area contributed by atoms with Crippen LogP contribution < -0.4 is 10.3 Å². The Hall–Kier alpha value is -2.73. The Morgan fingerprint density at radius 1 is 1.04 bits per heavy atom. The van der Waals surface area contributed by atoms with Crippen molar-refractivity contribution in [1.29, 1.82) is 0 Å². The fraction of sp³-hybridized carbons (Fsp3) is 0.111. The van der Waals surface area contributed by atoms with Gasteiger partial charge in [0.15, 0.2) is 0 Å². The number of hydrogen-bond donors (Lipinski definition) is 1. The number of nitrogens with one attached hydrogen (secondary N) is 1. The number of aromatic nitrogens is 2. The molecule has 0 atom stereocenters. The van der Waals surface area contributed by atoms with Crippen molar-refractivity contribution in [3.05, 3.63) is 69.1 Å². The number of aryl methyl sites for hydroxylation is 1. The minimum atomic E-state index is -0.900. The normalized spacial score (nSPS) is 10.8. The van der Waals surface area contributed by atoms with Crippen LogP contribution in [0.3, 0.4) is 0 Å². The molecule has 0 aliphatic carbocycles. The second-order valence-electron chi connectivity index (χ2n) is 5.36. The number of benzene rings is 2. The van der Waals surface area contributed by atoms with E-state index in [0.29, 0.717) is 21.8 Å². The van der Waals surface area contributed by atoms with Crippen LogP contribution in [0.15, 0.2) is 41.2 Å². The first-order chi connectivity index (χ1) is 11.9. The molecule has 0 saturated heterocycles. The molecule has 0 bridgehead atoms. The fourth-order valence-corrected chi connectivity index (χ4v) is 2.78. The molecule has 0 saturated carbocycles. The molecule has 3 rings (SSSR count). The maximum Gasteiger partial charge on any atom is 0.272 e. The van der Waals surface area contributed by atoms with Crippen molar-refractivity contribution >= 4 is 11.6 Å². The number of ether oxygens (including phenoxy) is 1. The summed E-state index contributed by atoms with van der Waals surface area (Å²) >= 11 is 5.89. The number of methoxy groups -OCH3 is 1. The van der Waals surface area contributed by atoms with Crippen LogP contribution in [-0.2, 0) is 0 Å². The molecule has 7 heteroatoms. The van der Waals surface area contributed by atoms with Gasteiger partial charge in [0.05, 0.1) is 23.9 Å². The highest BCUT2D eigenvalue weighted by molar-refractivity contribution is 6.30. The average molecular weight is 363 g/mol. The third-order valence-corrected chi connectivity index (χ3v) is 4.05. The third kappa shape index (κ3) is 3.13. The smallest absolute Gasteiger partial charge is 0.272 e. The predicted octanol–water partition coefficient (Wildman–Crippen LogP) is 4.35. The van der Waals surface area contributed by atoms with Crippen LogP contribution in [0, 0.1) is 18.6 Å². The minimum absolute atomic E-state index is 0.0222. The summed E-state index contributed by atoms with van der Waals surface area (Å²) in [7, 11) is 1.30. The number of H-pyrrole nitrogens is 1. The second-order valence-corrected chi connectivity index (χ2v) is 5.80. The van der Waals surface area contributed by atoms with Gasteiger partial charge in [-0.05, 0) is 24.6 Å². The molecule has 25 heavy (non-hydrogen) atoms. The van der Waals surface area contributed by atoms with E-state index in [9.17, 15) is 13.6 Å². The lowest BCUT2D eigenvalue weighted by atomic mass is 9.94. The zero-order valence-corrected chi connectivity index (χ0v) is 14.1. The maximum atomic E-state index is 14.5. The second kappa shape index (κ2) is 6.64. The quantitative estimate of drug-likeness (QED) is 0.753. The van der Waals surface area contributed by atoms with E-state index < -0.39 is 22.8 Å². The average Bonchev–Trinajstić information content (AvgIpc) is 2.58. The summed E-state index contributed by atoms with van der Waals surface area (Å²) in [5.41, 5.74) is 0.0727. The lowest BCUT2D eigenvalue weighted by molar-refractivity contribution is 0.407. The monoisotopic (exact) mass is 362 g/mol. The number of hydrogen-bond acceptors (Lipinski definition) is 3. The highest BCUT2D eigenvalue weighted by Crippen LogP contribution is 2.35. The van der Waals surface area contributed by atoms with Gasteiger partial charge in [-0.15, -0.1) is 0 Å². The first-order valence-corrected chi connectivity index (χ1v) is 7.68. The van der Waals surface area contributed by atoms with Crippen molar-refractivity contribution in [3.8, 4) is 28.0 Å². The Bertz CT molecular complexity index is 978. The summed E-state index contributed by atoms with van der Waals surface area (Å²) in [5, 5.41) is 6.69. The van der Waals surface area contributed by atoms with Crippen LogP contribution in [0.1, 0.15) is 5.69 Å². The molecule has 128 valence electrons. The highest BCUT2D eigenvalue weighted by atomic mass is 35.5. The molecule has 3 aromatic rings. The minimum Gasteiger partial charge on any atom is -0.497 e. The van der Waals surface area contributed by atoms with Gasteiger partial charge in [-0.1, -0.05) is 23.7 Å². The van der Waals surface area contributed by atoms with Crippen LogP contribution in [0.2, 0.25) is 5.02 Å². The van der Waals surface area contributed by atoms with Crippen LogP contribution >= 0.6 is 11.6 Å². The lowest BCUT2D eigenvalue weighted by Gasteiger charge is -2.13. The molecule has 1 N–H and O–H groups in total. The maximum absolute atomic E-state index is 14.5. The van der Waals surface area contributed by atoms with Crippen LogP contribution in [0.25, 0.3) is 22.3 Å². The number of aromatic amines is 1. The molecule has 0 unspecified atom stereocenters. The lowest BCUT2D eigenvalue weighted by Crippen LogP contribution is -2.16. The van der Waals surface area contributed by atoms with E-state index in [0.717, 1.165) is 12.1 Å². The molecule has 0 amide bonds. The topological polar surface area (TPSA) is 55.0 Å². The standard InChI is InChI=1S/C18H13ClF2N2O2/c1-9-15(10-3-5-11(19)6-4-10)17(18(24)23-22-9)16-13(20)7-12(25-2)8-14(16)21/h3-8H,1-2H3,(H,23,24). The summed E-state index contributed by atoms with van der Waals surface area (Å²) < 4.78 is 33.9. The number of rotatable bonds is 3. The highest BCUT2D eigenvalue weighted by Gasteiger charge is 2.23. The molecule has 4 nitrogen and oxygen atoms in total. The molecule has 0 aliphatic rings. The van der Waals surface area contributed by atoms with Crippen molar-refractivity contribution in [3.63, 3.8) is 0 Å². The molecule has 2 aromatic carbocycles. The van der Waals surface area contributed by atoms with E-state index in [-0.39, 0.29) is 11.3 Å². The number of halogens is 3. The fourth-order valence-electron chi connectivity index (χ4n) is 2.66. The van der Waals surface area contributed by atoms with Gasteiger partial charge >= 0.3 is 0 Å². The van der Waals surface area contributed by atoms with E-state index in [2.05, 4.69) is 10.2 Å². The Balaban J connectivity index is 2.36. The zero-order valence-electron chi connectivity index (χ0n) is 13.4. The SMILES string of the molecule is COc1cc(F)c(-c2c(-c3ccc(Cl)cc3)c(C)n[nH]c2=O)c(F)c1. The van der Waals surface area contributed by atoms with Crippen LogP contribution in [-0.4, -0.2) is 17.3 Å². The summed E-state index contributed by atoms with van der Waals surface area (Å²) in [6, 6.07) is 8.63. The summed E-state index contributed by atoms with van der Waals surface area (Å²) in [6.07, 6.45) is 0. The molecular formula is C18H13ClF2N2O2. The van der Waals surface area contributed by atoms with Crippen LogP contribution in [0.4, 0.5) is 8.78 Å². The van der Waals surface area contributed by atoms with E-state index in [1.165, 1.54) is 7.11 Å². The van der Waals surface area contributed by atoms with Crippen molar-refractivity contribution < 1.29 is 13.5 Å². The van der Waals surface area contributed by atoms with Gasteiger partial charge in [0.25, 0.3) is 5.56 Å². The van der Waals surface area contributed by atoms with Gasteiger partial charge in [-0.3, -0.25) is 4.79 Å². The molecule has 0 fully saturated rings. The Kier molecular flexibility index (Phi) is 4.55. The third-order valence-electron chi connectivity index (χ3n) is 3.80. The Morgan fingerprint density at radius 2 is 1.64 bits per heavy atom. The summed E-state index contributed by atoms with van der Waals surface area (Å²) in [4.78, 5) is 12.4. The van der Waals surface area contributed by atoms with E-state index >= 15 is 0 Å². The molecule has 0 aliphatic heterocycles. The summed E-state index contributed by atoms with van der Waals surface area (Å²) in [6.45, 7) is 1.64. The van der Waals surface area contributed by atoms with Gasteiger partial charge in [0.2, 0.25) is 0 Å². The van der Waals surface area contributed by atoms with Gasteiger partial charge < -0.3 is 4.74 Å². The zero-order chi connectivity index (χ0) is 18.1. The van der Waals surface area contributed by atoms with E-state index in [4.69, 9.17) is 16.3 Å². The molecule has 0 radical (unpaired) electrons. The first kappa shape index (κ1) is 17.1. The molecule has 0 spiro atoms. The number of nitrogens with zero attached hydrogens (tertiary/aromatic N) is 1. The van der Waals surface area contributed by atoms with E-state index in [1.807, 2.05) is 0 Å². The van der Waals surface area contributed by atoms with Crippen molar-refractivity contribution in [2.75, 3.05) is 7.11 Å². The molecule has 1 heterocycles. The van der Waals surface area contributed by atoms with Crippen molar-refractivity contribution in [2.45, 2.75) is 6.92 Å². The van der Waals surface area contributed by atoms with Gasteiger partial charge in [0.1, 0.15) is 17.4 Å². The Labute approximate surface area is 147 Å². The van der Waals surface area contributed by atoms with Gasteiger partial charge in [0, 0.05) is 22.7 Å². The molecule has 1 aromatic heterocycles. The molecular weight excluding hydrogens is 350 g/mol. The van der Waals surface area contributed by atoms with Crippen molar-refractivity contribution in [2.24, 2.45) is 0 Å². The Morgan fingerprint density at radius 3 is 2.20 bits per heavy atom. The largest absolute Gasteiger partial charge is 0.497 e. The van der Waals surface area contributed by atoms with Gasteiger partial charge in [-0.25, -0.2) is 13.9 Å². The summed E-state index contributed by atoms with van der Waals surface area (Å²) in [5.74, 6) is -1.78. The van der Waals surface area contributed by atoms with Crippen molar-refractivity contribution in [1.82, 2.24) is 10.2 Å². The van der Waals surface area contributed by atoms with E-state index in [1.54, 1.807) is 31.2 Å². The first-order valence-electron chi connectivity index (χ1n) is 7.31.